The van der Waals surface area contributed by atoms with Crippen LogP contribution in [0.25, 0.3) is 0 Å². The van der Waals surface area contributed by atoms with E-state index in [4.69, 9.17) is 5.26 Å². The number of hydrogen-bond donors (Lipinski definition) is 0. The molecule has 0 saturated carbocycles. The zero-order chi connectivity index (χ0) is 7.40. The van der Waals surface area contributed by atoms with Crippen molar-refractivity contribution in [2.45, 2.75) is 6.42 Å². The van der Waals surface area contributed by atoms with Crippen LogP contribution in [0.3, 0.4) is 0 Å². The van der Waals surface area contributed by atoms with Crippen molar-refractivity contribution in [2.75, 3.05) is 0 Å². The largest absolute Gasteiger partial charge is 0.240 e. The Labute approximate surface area is 66.9 Å². The van der Waals surface area contributed by atoms with Gasteiger partial charge >= 0.3 is 0 Å². The SMILES string of the molecule is N#CCc1nc[c]c(Br)n1. The van der Waals surface area contributed by atoms with E-state index in [2.05, 4.69) is 32.0 Å². The molecular formula is C6H3BrN3. The first-order valence-electron chi connectivity index (χ1n) is 2.59. The second kappa shape index (κ2) is 3.28. The van der Waals surface area contributed by atoms with E-state index in [-0.39, 0.29) is 6.42 Å². The van der Waals surface area contributed by atoms with Crippen LogP contribution in [-0.4, -0.2) is 9.97 Å². The van der Waals surface area contributed by atoms with Gasteiger partial charge in [-0.15, -0.1) is 0 Å². The molecule has 0 saturated heterocycles. The van der Waals surface area contributed by atoms with Crippen LogP contribution in [0.5, 0.6) is 0 Å². The van der Waals surface area contributed by atoms with Crippen LogP contribution in [-0.2, 0) is 6.42 Å². The van der Waals surface area contributed by atoms with Crippen molar-refractivity contribution in [2.24, 2.45) is 0 Å². The van der Waals surface area contributed by atoms with Crippen LogP contribution >= 0.6 is 15.9 Å². The Kier molecular flexibility index (Phi) is 2.35. The molecule has 0 aliphatic heterocycles. The highest BCUT2D eigenvalue weighted by atomic mass is 79.9. The summed E-state index contributed by atoms with van der Waals surface area (Å²) in [4.78, 5) is 7.70. The Bertz CT molecular complexity index is 266. The molecule has 1 aromatic heterocycles. The monoisotopic (exact) mass is 196 g/mol. The lowest BCUT2D eigenvalue weighted by molar-refractivity contribution is 0.976. The lowest BCUT2D eigenvalue weighted by Crippen LogP contribution is -1.91. The Hall–Kier alpha value is -0.950. The van der Waals surface area contributed by atoms with Crippen LogP contribution in [0.1, 0.15) is 5.82 Å². The highest BCUT2D eigenvalue weighted by molar-refractivity contribution is 9.10. The van der Waals surface area contributed by atoms with Crippen molar-refractivity contribution in [3.8, 4) is 6.07 Å². The molecule has 0 aromatic carbocycles. The first-order valence-corrected chi connectivity index (χ1v) is 3.38. The van der Waals surface area contributed by atoms with E-state index in [1.165, 1.54) is 6.20 Å². The highest BCUT2D eigenvalue weighted by Crippen LogP contribution is 2.02. The van der Waals surface area contributed by atoms with Gasteiger partial charge in [0, 0.05) is 12.3 Å². The number of aromatic nitrogens is 2. The van der Waals surface area contributed by atoms with Gasteiger partial charge in [0.05, 0.1) is 12.5 Å². The van der Waals surface area contributed by atoms with Crippen molar-refractivity contribution in [1.29, 1.82) is 5.26 Å². The zero-order valence-electron chi connectivity index (χ0n) is 5.00. The van der Waals surface area contributed by atoms with Crippen molar-refractivity contribution in [1.82, 2.24) is 9.97 Å². The van der Waals surface area contributed by atoms with Gasteiger partial charge in [0.1, 0.15) is 10.4 Å². The number of rotatable bonds is 1. The third-order valence-electron chi connectivity index (χ3n) is 0.862. The fourth-order valence-corrected chi connectivity index (χ4v) is 0.797. The van der Waals surface area contributed by atoms with E-state index in [0.717, 1.165) is 0 Å². The van der Waals surface area contributed by atoms with Crippen molar-refractivity contribution >= 4 is 15.9 Å². The molecule has 3 nitrogen and oxygen atoms in total. The fourth-order valence-electron chi connectivity index (χ4n) is 0.490. The van der Waals surface area contributed by atoms with E-state index in [1.807, 2.05) is 6.07 Å². The summed E-state index contributed by atoms with van der Waals surface area (Å²) in [7, 11) is 0. The molecule has 0 aliphatic rings. The molecule has 1 rings (SSSR count). The van der Waals surface area contributed by atoms with E-state index < -0.39 is 0 Å². The molecule has 0 amide bonds. The number of nitriles is 1. The summed E-state index contributed by atoms with van der Waals surface area (Å²) < 4.78 is 0.591. The average molecular weight is 197 g/mol. The normalized spacial score (nSPS) is 8.80. The summed E-state index contributed by atoms with van der Waals surface area (Å²) in [6.07, 6.45) is 1.73. The van der Waals surface area contributed by atoms with Gasteiger partial charge in [0.15, 0.2) is 0 Å². The molecule has 1 heterocycles. The molecule has 0 atom stereocenters. The molecule has 10 heavy (non-hydrogen) atoms. The maximum atomic E-state index is 8.26. The number of hydrogen-bond acceptors (Lipinski definition) is 3. The second-order valence-corrected chi connectivity index (χ2v) is 2.31. The van der Waals surface area contributed by atoms with Crippen molar-refractivity contribution in [3.05, 3.63) is 22.7 Å². The molecule has 0 aliphatic carbocycles. The van der Waals surface area contributed by atoms with Gasteiger partial charge in [-0.3, -0.25) is 0 Å². The Balaban J connectivity index is 2.87. The maximum Gasteiger partial charge on any atom is 0.143 e. The lowest BCUT2D eigenvalue weighted by Gasteiger charge is -1.90. The van der Waals surface area contributed by atoms with Gasteiger partial charge in [-0.25, -0.2) is 9.97 Å². The first kappa shape index (κ1) is 7.16. The van der Waals surface area contributed by atoms with Gasteiger partial charge in [0.2, 0.25) is 0 Å². The minimum absolute atomic E-state index is 0.243. The van der Waals surface area contributed by atoms with Crippen molar-refractivity contribution < 1.29 is 0 Å². The zero-order valence-corrected chi connectivity index (χ0v) is 6.59. The Morgan fingerprint density at radius 1 is 1.80 bits per heavy atom. The Morgan fingerprint density at radius 2 is 2.60 bits per heavy atom. The second-order valence-electron chi connectivity index (χ2n) is 1.56. The molecule has 0 spiro atoms. The predicted molar refractivity (Wildman–Crippen MR) is 37.9 cm³/mol. The topological polar surface area (TPSA) is 49.6 Å². The molecule has 0 bridgehead atoms. The fraction of sp³-hybridized carbons (Fsp3) is 0.167. The smallest absolute Gasteiger partial charge is 0.143 e. The number of halogens is 1. The van der Waals surface area contributed by atoms with E-state index in [0.29, 0.717) is 10.4 Å². The van der Waals surface area contributed by atoms with Gasteiger partial charge in [-0.05, 0) is 15.9 Å². The average Bonchev–Trinajstić information content (AvgIpc) is 1.88. The van der Waals surface area contributed by atoms with E-state index in [9.17, 15) is 0 Å². The minimum atomic E-state index is 0.243. The minimum Gasteiger partial charge on any atom is -0.240 e. The van der Waals surface area contributed by atoms with E-state index >= 15 is 0 Å². The van der Waals surface area contributed by atoms with Crippen LogP contribution in [0.2, 0.25) is 0 Å². The Morgan fingerprint density at radius 3 is 3.20 bits per heavy atom. The summed E-state index contributed by atoms with van der Waals surface area (Å²) in [6, 6.07) is 4.67. The third kappa shape index (κ3) is 1.78. The molecule has 0 unspecified atom stereocenters. The quantitative estimate of drug-likeness (QED) is 0.633. The van der Waals surface area contributed by atoms with Crippen LogP contribution < -0.4 is 0 Å². The van der Waals surface area contributed by atoms with Gasteiger partial charge in [0.25, 0.3) is 0 Å². The van der Waals surface area contributed by atoms with Gasteiger partial charge in [-0.1, -0.05) is 0 Å². The molecule has 4 heteroatoms. The summed E-state index contributed by atoms with van der Waals surface area (Å²) in [6.45, 7) is 0. The summed E-state index contributed by atoms with van der Waals surface area (Å²) in [5.74, 6) is 0.521. The summed E-state index contributed by atoms with van der Waals surface area (Å²) in [5, 5.41) is 8.26. The van der Waals surface area contributed by atoms with Crippen LogP contribution in [0.15, 0.2) is 10.8 Å². The van der Waals surface area contributed by atoms with Crippen molar-refractivity contribution in [3.63, 3.8) is 0 Å². The lowest BCUT2D eigenvalue weighted by atomic mass is 10.4. The van der Waals surface area contributed by atoms with Crippen LogP contribution in [0, 0.1) is 17.4 Å². The number of nitrogens with zero attached hydrogens (tertiary/aromatic N) is 3. The van der Waals surface area contributed by atoms with Gasteiger partial charge < -0.3 is 0 Å². The third-order valence-corrected chi connectivity index (χ3v) is 1.27. The van der Waals surface area contributed by atoms with Crippen LogP contribution in [0.4, 0.5) is 0 Å². The highest BCUT2D eigenvalue weighted by Gasteiger charge is 1.94. The molecule has 0 fully saturated rings. The molecule has 1 aromatic rings. The maximum absolute atomic E-state index is 8.26. The molecule has 1 radical (unpaired) electrons. The molecule has 49 valence electrons. The predicted octanol–water partition coefficient (Wildman–Crippen LogP) is 1.11. The first-order chi connectivity index (χ1) is 4.83. The standard InChI is InChI=1S/C6H3BrN3/c7-5-2-4-9-6(10-5)1-3-8/h4H,1H2. The molecule has 0 N–H and O–H groups in total. The van der Waals surface area contributed by atoms with Gasteiger partial charge in [-0.2, -0.15) is 5.26 Å². The molecular weight excluding hydrogens is 194 g/mol. The summed E-state index contributed by atoms with van der Waals surface area (Å²) in [5.41, 5.74) is 0. The summed E-state index contributed by atoms with van der Waals surface area (Å²) >= 11 is 3.12. The van der Waals surface area contributed by atoms with E-state index in [1.54, 1.807) is 0 Å².